The Kier molecular flexibility index (Phi) is 7.06. The van der Waals surface area contributed by atoms with Crippen molar-refractivity contribution in [1.82, 2.24) is 0 Å². The van der Waals surface area contributed by atoms with Crippen LogP contribution in [-0.4, -0.2) is 68.4 Å². The van der Waals surface area contributed by atoms with Crippen LogP contribution in [-0.2, 0) is 18.9 Å². The highest BCUT2D eigenvalue weighted by atomic mass is 16.7. The molecule has 6 heteroatoms. The normalized spacial score (nSPS) is 36.8. The van der Waals surface area contributed by atoms with E-state index in [-0.39, 0.29) is 6.61 Å². The minimum Gasteiger partial charge on any atom is -0.387 e. The zero-order valence-corrected chi connectivity index (χ0v) is 11.2. The molecule has 0 aromatic carbocycles. The van der Waals surface area contributed by atoms with Gasteiger partial charge in [0.15, 0.2) is 6.29 Å². The van der Waals surface area contributed by atoms with Gasteiger partial charge in [-0.2, -0.15) is 0 Å². The topological polar surface area (TPSA) is 77.4 Å². The van der Waals surface area contributed by atoms with E-state index in [1.165, 1.54) is 14.2 Å². The van der Waals surface area contributed by atoms with Crippen LogP contribution in [0.4, 0.5) is 0 Å². The fourth-order valence-electron chi connectivity index (χ4n) is 2.01. The maximum Gasteiger partial charge on any atom is 0.184 e. The second kappa shape index (κ2) is 8.04. The number of hydrogen-bond acceptors (Lipinski definition) is 6. The maximum absolute atomic E-state index is 10.1. The quantitative estimate of drug-likeness (QED) is 0.626. The number of hydrogen-bond donors (Lipinski definition) is 2. The first-order valence-corrected chi connectivity index (χ1v) is 6.30. The predicted molar refractivity (Wildman–Crippen MR) is 64.2 cm³/mol. The fraction of sp³-hybridized carbons (Fsp3) is 1.00. The lowest BCUT2D eigenvalue weighted by molar-refractivity contribution is -0.297. The molecule has 1 heterocycles. The highest BCUT2D eigenvalue weighted by Crippen LogP contribution is 2.24. The molecular formula is C12H24O6. The first-order valence-electron chi connectivity index (χ1n) is 6.30. The lowest BCUT2D eigenvalue weighted by Gasteiger charge is -2.41. The molecule has 6 nitrogen and oxygen atoms in total. The van der Waals surface area contributed by atoms with E-state index in [1.54, 1.807) is 0 Å². The third-order valence-corrected chi connectivity index (χ3v) is 3.11. The first kappa shape index (κ1) is 15.8. The predicted octanol–water partition coefficient (Wildman–Crippen LogP) is -0.0888. The van der Waals surface area contributed by atoms with Crippen molar-refractivity contribution in [3.05, 3.63) is 0 Å². The van der Waals surface area contributed by atoms with Crippen molar-refractivity contribution in [2.45, 2.75) is 50.5 Å². The van der Waals surface area contributed by atoms with E-state index in [2.05, 4.69) is 6.92 Å². The molecule has 0 spiro atoms. The molecule has 1 rings (SSSR count). The average molecular weight is 264 g/mol. The molecule has 0 aliphatic carbocycles. The van der Waals surface area contributed by atoms with E-state index < -0.39 is 30.7 Å². The monoisotopic (exact) mass is 264 g/mol. The molecule has 108 valence electrons. The molecule has 18 heavy (non-hydrogen) atoms. The van der Waals surface area contributed by atoms with Crippen molar-refractivity contribution < 1.29 is 29.2 Å². The Balaban J connectivity index is 2.49. The lowest BCUT2D eigenvalue weighted by atomic mass is 9.99. The molecule has 0 amide bonds. The van der Waals surface area contributed by atoms with Crippen LogP contribution < -0.4 is 0 Å². The molecule has 2 N–H and O–H groups in total. The van der Waals surface area contributed by atoms with Crippen LogP contribution in [0.25, 0.3) is 0 Å². The molecule has 1 fully saturated rings. The Morgan fingerprint density at radius 1 is 1.11 bits per heavy atom. The first-order chi connectivity index (χ1) is 8.65. The summed E-state index contributed by atoms with van der Waals surface area (Å²) in [5.41, 5.74) is 0. The van der Waals surface area contributed by atoms with Gasteiger partial charge in [0.2, 0.25) is 0 Å². The summed E-state index contributed by atoms with van der Waals surface area (Å²) in [5.74, 6) is 0. The van der Waals surface area contributed by atoms with Gasteiger partial charge in [0.1, 0.15) is 24.4 Å². The summed E-state index contributed by atoms with van der Waals surface area (Å²) in [6.45, 7) is 2.92. The zero-order valence-electron chi connectivity index (χ0n) is 11.2. The van der Waals surface area contributed by atoms with E-state index in [0.717, 1.165) is 12.8 Å². The summed E-state index contributed by atoms with van der Waals surface area (Å²) >= 11 is 0. The van der Waals surface area contributed by atoms with Gasteiger partial charge in [0, 0.05) is 20.8 Å². The zero-order chi connectivity index (χ0) is 13.5. The highest BCUT2D eigenvalue weighted by molar-refractivity contribution is 4.90. The molecule has 0 aromatic rings. The smallest absolute Gasteiger partial charge is 0.184 e. The van der Waals surface area contributed by atoms with Gasteiger partial charge in [-0.25, -0.2) is 0 Å². The van der Waals surface area contributed by atoms with E-state index in [9.17, 15) is 10.2 Å². The maximum atomic E-state index is 10.1. The molecule has 1 aliphatic heterocycles. The van der Waals surface area contributed by atoms with Crippen LogP contribution >= 0.6 is 0 Å². The van der Waals surface area contributed by atoms with E-state index in [4.69, 9.17) is 18.9 Å². The van der Waals surface area contributed by atoms with Crippen molar-refractivity contribution in [3.63, 3.8) is 0 Å². The van der Waals surface area contributed by atoms with Crippen molar-refractivity contribution >= 4 is 0 Å². The molecule has 0 saturated carbocycles. The molecule has 5 atom stereocenters. The Hall–Kier alpha value is -0.240. The standard InChI is InChI=1S/C12H24O6/c1-4-5-6-17-7-8-9(13)10(15-2)11(16-3)12(14)18-8/h8-14H,4-7H2,1-3H3/t8?,9-,10?,11?,12-/m1/s1. The van der Waals surface area contributed by atoms with Crippen LogP contribution in [0, 0.1) is 0 Å². The summed E-state index contributed by atoms with van der Waals surface area (Å²) in [4.78, 5) is 0. The van der Waals surface area contributed by atoms with Crippen molar-refractivity contribution in [2.24, 2.45) is 0 Å². The number of unbranched alkanes of at least 4 members (excludes halogenated alkanes) is 1. The number of rotatable bonds is 7. The minimum absolute atomic E-state index is 0.231. The van der Waals surface area contributed by atoms with Gasteiger partial charge in [-0.1, -0.05) is 13.3 Å². The highest BCUT2D eigenvalue weighted by Gasteiger charge is 2.45. The van der Waals surface area contributed by atoms with Crippen LogP contribution in [0.2, 0.25) is 0 Å². The van der Waals surface area contributed by atoms with E-state index >= 15 is 0 Å². The Bertz CT molecular complexity index is 225. The summed E-state index contributed by atoms with van der Waals surface area (Å²) in [6.07, 6.45) is -1.93. The number of aliphatic hydroxyl groups is 2. The average Bonchev–Trinajstić information content (AvgIpc) is 2.37. The Morgan fingerprint density at radius 2 is 1.78 bits per heavy atom. The van der Waals surface area contributed by atoms with Crippen molar-refractivity contribution in [1.29, 1.82) is 0 Å². The fourth-order valence-corrected chi connectivity index (χ4v) is 2.01. The number of aliphatic hydroxyl groups excluding tert-OH is 2. The van der Waals surface area contributed by atoms with Crippen molar-refractivity contribution in [3.8, 4) is 0 Å². The van der Waals surface area contributed by atoms with Gasteiger partial charge in [0.25, 0.3) is 0 Å². The molecule has 1 saturated heterocycles. The van der Waals surface area contributed by atoms with Crippen LogP contribution in [0.15, 0.2) is 0 Å². The second-order valence-electron chi connectivity index (χ2n) is 4.38. The van der Waals surface area contributed by atoms with Gasteiger partial charge >= 0.3 is 0 Å². The molecule has 1 aliphatic rings. The minimum atomic E-state index is -1.12. The number of methoxy groups -OCH3 is 2. The SMILES string of the molecule is CCCCOCC1O[C@@H](O)C(OC)C(OC)[C@@H]1O. The van der Waals surface area contributed by atoms with E-state index in [1.807, 2.05) is 0 Å². The van der Waals surface area contributed by atoms with Crippen LogP contribution in [0.1, 0.15) is 19.8 Å². The molecular weight excluding hydrogens is 240 g/mol. The van der Waals surface area contributed by atoms with Gasteiger partial charge < -0.3 is 29.2 Å². The van der Waals surface area contributed by atoms with Gasteiger partial charge in [-0.15, -0.1) is 0 Å². The number of ether oxygens (including phenoxy) is 4. The second-order valence-corrected chi connectivity index (χ2v) is 4.38. The van der Waals surface area contributed by atoms with Crippen molar-refractivity contribution in [2.75, 3.05) is 27.4 Å². The molecule has 3 unspecified atom stereocenters. The summed E-state index contributed by atoms with van der Waals surface area (Å²) in [7, 11) is 2.90. The largest absolute Gasteiger partial charge is 0.387 e. The van der Waals surface area contributed by atoms with Gasteiger partial charge in [0.05, 0.1) is 6.61 Å². The lowest BCUT2D eigenvalue weighted by Crippen LogP contribution is -2.59. The third kappa shape index (κ3) is 3.88. The van der Waals surface area contributed by atoms with Crippen LogP contribution in [0.5, 0.6) is 0 Å². The Morgan fingerprint density at radius 3 is 2.33 bits per heavy atom. The summed E-state index contributed by atoms with van der Waals surface area (Å²) < 4.78 is 20.9. The van der Waals surface area contributed by atoms with Gasteiger partial charge in [-0.05, 0) is 6.42 Å². The molecule has 0 radical (unpaired) electrons. The summed E-state index contributed by atoms with van der Waals surface area (Å²) in [5, 5.41) is 19.9. The van der Waals surface area contributed by atoms with E-state index in [0.29, 0.717) is 6.61 Å². The third-order valence-electron chi connectivity index (χ3n) is 3.11. The Labute approximate surface area is 108 Å². The molecule has 0 aromatic heterocycles. The van der Waals surface area contributed by atoms with Gasteiger partial charge in [-0.3, -0.25) is 0 Å². The molecule has 0 bridgehead atoms. The van der Waals surface area contributed by atoms with Crippen LogP contribution in [0.3, 0.4) is 0 Å². The summed E-state index contributed by atoms with van der Waals surface area (Å²) in [6, 6.07) is 0.